The van der Waals surface area contributed by atoms with Gasteiger partial charge in [0.05, 0.1) is 0 Å². The number of nitrogens with two attached hydrogens (primary N) is 1. The SMILES string of the molecule is CC1CC(N)CN(c2ccccn2)C1. The number of rotatable bonds is 1. The maximum atomic E-state index is 5.98. The van der Waals surface area contributed by atoms with E-state index in [1.54, 1.807) is 0 Å². The minimum Gasteiger partial charge on any atom is -0.355 e. The van der Waals surface area contributed by atoms with Crippen LogP contribution in [0.4, 0.5) is 5.82 Å². The first-order chi connectivity index (χ1) is 6.75. The Balaban J connectivity index is 2.11. The summed E-state index contributed by atoms with van der Waals surface area (Å²) in [7, 11) is 0. The number of anilines is 1. The fourth-order valence-electron chi connectivity index (χ4n) is 2.13. The van der Waals surface area contributed by atoms with Crippen molar-refractivity contribution < 1.29 is 0 Å². The van der Waals surface area contributed by atoms with E-state index in [1.165, 1.54) is 0 Å². The van der Waals surface area contributed by atoms with E-state index in [-0.39, 0.29) is 0 Å². The average molecular weight is 191 g/mol. The van der Waals surface area contributed by atoms with Crippen molar-refractivity contribution in [3.05, 3.63) is 24.4 Å². The zero-order valence-electron chi connectivity index (χ0n) is 8.56. The molecule has 1 aromatic heterocycles. The normalized spacial score (nSPS) is 27.7. The van der Waals surface area contributed by atoms with Crippen molar-refractivity contribution in [2.75, 3.05) is 18.0 Å². The highest BCUT2D eigenvalue weighted by molar-refractivity contribution is 5.38. The quantitative estimate of drug-likeness (QED) is 0.726. The summed E-state index contributed by atoms with van der Waals surface area (Å²) in [6.07, 6.45) is 2.96. The number of aromatic nitrogens is 1. The van der Waals surface area contributed by atoms with Gasteiger partial charge in [0, 0.05) is 25.3 Å². The summed E-state index contributed by atoms with van der Waals surface area (Å²) in [6, 6.07) is 6.30. The van der Waals surface area contributed by atoms with Gasteiger partial charge in [0.1, 0.15) is 5.82 Å². The van der Waals surface area contributed by atoms with E-state index in [0.29, 0.717) is 12.0 Å². The summed E-state index contributed by atoms with van der Waals surface area (Å²) in [6.45, 7) is 4.25. The highest BCUT2D eigenvalue weighted by Gasteiger charge is 2.22. The molecule has 0 bridgehead atoms. The first-order valence-electron chi connectivity index (χ1n) is 5.17. The summed E-state index contributed by atoms with van der Waals surface area (Å²) in [5.74, 6) is 1.72. The lowest BCUT2D eigenvalue weighted by Crippen LogP contribution is -2.46. The van der Waals surface area contributed by atoms with Gasteiger partial charge in [-0.3, -0.25) is 0 Å². The lowest BCUT2D eigenvalue weighted by atomic mass is 9.97. The third-order valence-electron chi connectivity index (χ3n) is 2.67. The summed E-state index contributed by atoms with van der Waals surface area (Å²) < 4.78 is 0. The van der Waals surface area contributed by atoms with Crippen molar-refractivity contribution in [1.29, 1.82) is 0 Å². The van der Waals surface area contributed by atoms with E-state index >= 15 is 0 Å². The first kappa shape index (κ1) is 9.46. The fraction of sp³-hybridized carbons (Fsp3) is 0.545. The molecule has 3 nitrogen and oxygen atoms in total. The average Bonchev–Trinajstić information content (AvgIpc) is 2.18. The van der Waals surface area contributed by atoms with E-state index in [4.69, 9.17) is 5.73 Å². The van der Waals surface area contributed by atoms with Crippen LogP contribution in [-0.4, -0.2) is 24.1 Å². The van der Waals surface area contributed by atoms with E-state index in [9.17, 15) is 0 Å². The van der Waals surface area contributed by atoms with Crippen LogP contribution in [0.2, 0.25) is 0 Å². The lowest BCUT2D eigenvalue weighted by Gasteiger charge is -2.35. The molecular formula is C11H17N3. The Morgan fingerprint density at radius 3 is 2.93 bits per heavy atom. The molecule has 2 N–H and O–H groups in total. The second-order valence-corrected chi connectivity index (χ2v) is 4.19. The van der Waals surface area contributed by atoms with Crippen LogP contribution in [0.15, 0.2) is 24.4 Å². The summed E-state index contributed by atoms with van der Waals surface area (Å²) in [5.41, 5.74) is 5.98. The van der Waals surface area contributed by atoms with Crippen LogP contribution < -0.4 is 10.6 Å². The molecule has 1 aliphatic heterocycles. The highest BCUT2D eigenvalue weighted by Crippen LogP contribution is 2.19. The molecule has 0 saturated carbocycles. The van der Waals surface area contributed by atoms with Crippen molar-refractivity contribution in [3.8, 4) is 0 Å². The maximum Gasteiger partial charge on any atom is 0.128 e. The van der Waals surface area contributed by atoms with Gasteiger partial charge in [0.25, 0.3) is 0 Å². The molecule has 0 amide bonds. The van der Waals surface area contributed by atoms with Crippen LogP contribution in [0.3, 0.4) is 0 Å². The predicted molar refractivity (Wildman–Crippen MR) is 58.2 cm³/mol. The Morgan fingerprint density at radius 2 is 2.29 bits per heavy atom. The van der Waals surface area contributed by atoms with E-state index in [2.05, 4.69) is 16.8 Å². The third-order valence-corrected chi connectivity index (χ3v) is 2.67. The number of hydrogen-bond donors (Lipinski definition) is 1. The standard InChI is InChI=1S/C11H17N3/c1-9-6-10(12)8-14(7-9)11-4-2-3-5-13-11/h2-5,9-10H,6-8,12H2,1H3. The molecule has 3 heteroatoms. The molecule has 0 aromatic carbocycles. The third kappa shape index (κ3) is 2.04. The molecule has 2 heterocycles. The highest BCUT2D eigenvalue weighted by atomic mass is 15.2. The molecule has 0 radical (unpaired) electrons. The Hall–Kier alpha value is -1.09. The summed E-state index contributed by atoms with van der Waals surface area (Å²) in [4.78, 5) is 6.62. The minimum absolute atomic E-state index is 0.292. The molecule has 2 atom stereocenters. The summed E-state index contributed by atoms with van der Waals surface area (Å²) >= 11 is 0. The zero-order valence-corrected chi connectivity index (χ0v) is 8.56. The van der Waals surface area contributed by atoms with Gasteiger partial charge in [-0.2, -0.15) is 0 Å². The number of hydrogen-bond acceptors (Lipinski definition) is 3. The second-order valence-electron chi connectivity index (χ2n) is 4.19. The molecule has 1 saturated heterocycles. The van der Waals surface area contributed by atoms with Crippen LogP contribution in [0, 0.1) is 5.92 Å². The van der Waals surface area contributed by atoms with Gasteiger partial charge in [-0.05, 0) is 24.5 Å². The van der Waals surface area contributed by atoms with Crippen molar-refractivity contribution in [1.82, 2.24) is 4.98 Å². The Morgan fingerprint density at radius 1 is 1.43 bits per heavy atom. The molecule has 1 fully saturated rings. The maximum absolute atomic E-state index is 5.98. The Labute approximate surface area is 84.9 Å². The zero-order chi connectivity index (χ0) is 9.97. The molecule has 0 spiro atoms. The van der Waals surface area contributed by atoms with Gasteiger partial charge >= 0.3 is 0 Å². The van der Waals surface area contributed by atoms with Crippen molar-refractivity contribution in [2.45, 2.75) is 19.4 Å². The molecule has 76 valence electrons. The van der Waals surface area contributed by atoms with E-state index in [0.717, 1.165) is 25.3 Å². The topological polar surface area (TPSA) is 42.1 Å². The van der Waals surface area contributed by atoms with Crippen molar-refractivity contribution >= 4 is 5.82 Å². The van der Waals surface area contributed by atoms with Gasteiger partial charge in [0.2, 0.25) is 0 Å². The minimum atomic E-state index is 0.292. The van der Waals surface area contributed by atoms with Gasteiger partial charge in [-0.15, -0.1) is 0 Å². The van der Waals surface area contributed by atoms with Gasteiger partial charge in [-0.25, -0.2) is 4.98 Å². The van der Waals surface area contributed by atoms with Crippen LogP contribution in [-0.2, 0) is 0 Å². The smallest absolute Gasteiger partial charge is 0.128 e. The molecule has 1 aromatic rings. The Bertz CT molecular complexity index is 276. The van der Waals surface area contributed by atoms with Crippen LogP contribution in [0.5, 0.6) is 0 Å². The number of nitrogens with zero attached hydrogens (tertiary/aromatic N) is 2. The summed E-state index contributed by atoms with van der Waals surface area (Å²) in [5, 5.41) is 0. The van der Waals surface area contributed by atoms with Crippen LogP contribution >= 0.6 is 0 Å². The molecule has 14 heavy (non-hydrogen) atoms. The van der Waals surface area contributed by atoms with Gasteiger partial charge in [0.15, 0.2) is 0 Å². The molecule has 1 aliphatic rings. The Kier molecular flexibility index (Phi) is 2.68. The number of piperidine rings is 1. The number of pyridine rings is 1. The first-order valence-corrected chi connectivity index (χ1v) is 5.17. The van der Waals surface area contributed by atoms with E-state index < -0.39 is 0 Å². The van der Waals surface area contributed by atoms with Gasteiger partial charge in [-0.1, -0.05) is 13.0 Å². The van der Waals surface area contributed by atoms with E-state index in [1.807, 2.05) is 24.4 Å². The van der Waals surface area contributed by atoms with Crippen molar-refractivity contribution in [3.63, 3.8) is 0 Å². The molecule has 0 aliphatic carbocycles. The van der Waals surface area contributed by atoms with Gasteiger partial charge < -0.3 is 10.6 Å². The van der Waals surface area contributed by atoms with Crippen molar-refractivity contribution in [2.24, 2.45) is 11.7 Å². The van der Waals surface area contributed by atoms with Crippen LogP contribution in [0.25, 0.3) is 0 Å². The fourth-order valence-corrected chi connectivity index (χ4v) is 2.13. The second kappa shape index (κ2) is 3.96. The predicted octanol–water partition coefficient (Wildman–Crippen LogP) is 1.26. The monoisotopic (exact) mass is 191 g/mol. The molecular weight excluding hydrogens is 174 g/mol. The van der Waals surface area contributed by atoms with Crippen LogP contribution in [0.1, 0.15) is 13.3 Å². The molecule has 2 unspecified atom stereocenters. The largest absolute Gasteiger partial charge is 0.355 e. The lowest BCUT2D eigenvalue weighted by molar-refractivity contribution is 0.400. The molecule has 2 rings (SSSR count).